The molecule has 3 heterocycles. The lowest BCUT2D eigenvalue weighted by Gasteiger charge is -2.15. The maximum Gasteiger partial charge on any atom is 0.453 e. The highest BCUT2D eigenvalue weighted by Crippen LogP contribution is 2.30. The monoisotopic (exact) mass is 454 g/mol. The molecule has 12 heteroatoms. The number of aromatic nitrogens is 7. The zero-order valence-corrected chi connectivity index (χ0v) is 17.4. The zero-order valence-electron chi connectivity index (χ0n) is 17.4. The second-order valence-electron chi connectivity index (χ2n) is 7.23. The number of alkyl halides is 3. The van der Waals surface area contributed by atoms with E-state index in [1.54, 1.807) is 19.2 Å². The number of amides is 1. The molecule has 0 spiro atoms. The summed E-state index contributed by atoms with van der Waals surface area (Å²) in [5, 5.41) is 12.5. The minimum Gasteiger partial charge on any atom is -0.344 e. The van der Waals surface area contributed by atoms with Crippen LogP contribution in [0.15, 0.2) is 55.1 Å². The van der Waals surface area contributed by atoms with Crippen molar-refractivity contribution in [1.82, 2.24) is 40.5 Å². The Morgan fingerprint density at radius 2 is 1.91 bits per heavy atom. The van der Waals surface area contributed by atoms with Crippen molar-refractivity contribution in [3.63, 3.8) is 0 Å². The van der Waals surface area contributed by atoms with E-state index < -0.39 is 23.9 Å². The van der Waals surface area contributed by atoms with Crippen molar-refractivity contribution in [2.24, 2.45) is 0 Å². The Hall–Kier alpha value is -4.22. The van der Waals surface area contributed by atoms with Gasteiger partial charge in [0.2, 0.25) is 0 Å². The summed E-state index contributed by atoms with van der Waals surface area (Å²) in [6.45, 7) is 3.58. The van der Waals surface area contributed by atoms with Crippen molar-refractivity contribution < 1.29 is 18.0 Å². The number of hydrogen-bond donors (Lipinski definition) is 1. The van der Waals surface area contributed by atoms with Gasteiger partial charge in [-0.25, -0.2) is 0 Å². The first-order chi connectivity index (χ1) is 15.7. The predicted octanol–water partition coefficient (Wildman–Crippen LogP) is 3.33. The van der Waals surface area contributed by atoms with E-state index in [2.05, 4.69) is 35.8 Å². The second kappa shape index (κ2) is 8.73. The fourth-order valence-electron chi connectivity index (χ4n) is 3.08. The molecule has 0 fully saturated rings. The minimum atomic E-state index is -4.79. The number of benzene rings is 1. The maximum absolute atomic E-state index is 13.4. The fraction of sp³-hybridized carbons (Fsp3) is 0.190. The van der Waals surface area contributed by atoms with Crippen molar-refractivity contribution in [3.8, 4) is 16.9 Å². The standard InChI is InChI=1S/C21H17F3N8O/c1-12-3-4-17(27-10-12)14-7-15(19(33)28-13(2)18-11-25-5-6-26-18)9-16(8-14)32-20(21(22,23)24)29-30-31-32/h3-11,13H,1-2H3,(H,28,33)/t13-/m0/s1. The molecule has 0 aliphatic heterocycles. The molecule has 9 nitrogen and oxygen atoms in total. The first-order valence-electron chi connectivity index (χ1n) is 9.73. The lowest BCUT2D eigenvalue weighted by molar-refractivity contribution is -0.146. The van der Waals surface area contributed by atoms with Crippen molar-refractivity contribution in [1.29, 1.82) is 0 Å². The lowest BCUT2D eigenvalue weighted by Crippen LogP contribution is -2.27. The SMILES string of the molecule is Cc1ccc(-c2cc(C(=O)N[C@@H](C)c3cnccn3)cc(-n3nnnc3C(F)(F)F)c2)nc1. The van der Waals surface area contributed by atoms with Gasteiger partial charge in [-0.2, -0.15) is 17.9 Å². The molecule has 1 aromatic carbocycles. The van der Waals surface area contributed by atoms with Gasteiger partial charge in [0.05, 0.1) is 29.3 Å². The van der Waals surface area contributed by atoms with E-state index in [0.717, 1.165) is 5.56 Å². The van der Waals surface area contributed by atoms with Crippen LogP contribution >= 0.6 is 0 Å². The van der Waals surface area contributed by atoms with Gasteiger partial charge in [-0.3, -0.25) is 19.7 Å². The van der Waals surface area contributed by atoms with Gasteiger partial charge in [0.1, 0.15) is 0 Å². The van der Waals surface area contributed by atoms with Crippen LogP contribution in [-0.2, 0) is 6.18 Å². The third-order valence-corrected chi connectivity index (χ3v) is 4.73. The van der Waals surface area contributed by atoms with Crippen LogP contribution in [0.2, 0.25) is 0 Å². The van der Waals surface area contributed by atoms with Crippen LogP contribution in [0, 0.1) is 6.92 Å². The van der Waals surface area contributed by atoms with E-state index in [-0.39, 0.29) is 11.3 Å². The highest BCUT2D eigenvalue weighted by Gasteiger charge is 2.38. The Kier molecular flexibility index (Phi) is 5.82. The summed E-state index contributed by atoms with van der Waals surface area (Å²) < 4.78 is 40.7. The zero-order chi connectivity index (χ0) is 23.6. The van der Waals surface area contributed by atoms with Crippen LogP contribution < -0.4 is 5.32 Å². The van der Waals surface area contributed by atoms with Gasteiger partial charge >= 0.3 is 6.18 Å². The van der Waals surface area contributed by atoms with Crippen molar-refractivity contribution in [2.45, 2.75) is 26.1 Å². The largest absolute Gasteiger partial charge is 0.453 e. The van der Waals surface area contributed by atoms with Gasteiger partial charge < -0.3 is 5.32 Å². The summed E-state index contributed by atoms with van der Waals surface area (Å²) in [4.78, 5) is 25.5. The van der Waals surface area contributed by atoms with E-state index in [1.807, 2.05) is 13.0 Å². The first-order valence-corrected chi connectivity index (χ1v) is 9.73. The normalized spacial score (nSPS) is 12.4. The Morgan fingerprint density at radius 1 is 1.09 bits per heavy atom. The van der Waals surface area contributed by atoms with Gasteiger partial charge in [0, 0.05) is 29.7 Å². The molecular weight excluding hydrogens is 437 g/mol. The number of nitrogens with zero attached hydrogens (tertiary/aromatic N) is 7. The number of nitrogens with one attached hydrogen (secondary N) is 1. The molecular formula is C21H17F3N8O. The van der Waals surface area contributed by atoms with Gasteiger partial charge in [0.15, 0.2) is 0 Å². The Morgan fingerprint density at radius 3 is 2.58 bits per heavy atom. The molecule has 3 aromatic heterocycles. The van der Waals surface area contributed by atoms with Crippen LogP contribution in [0.5, 0.6) is 0 Å². The first kappa shape index (κ1) is 22.0. The number of halogens is 3. The Labute approximate surface area is 185 Å². The molecule has 0 aliphatic rings. The lowest BCUT2D eigenvalue weighted by atomic mass is 10.0. The maximum atomic E-state index is 13.4. The molecule has 4 aromatic rings. The van der Waals surface area contributed by atoms with Gasteiger partial charge in [-0.1, -0.05) is 6.07 Å². The summed E-state index contributed by atoms with van der Waals surface area (Å²) in [5.41, 5.74) is 2.40. The number of pyridine rings is 1. The molecule has 33 heavy (non-hydrogen) atoms. The van der Waals surface area contributed by atoms with Gasteiger partial charge in [0.25, 0.3) is 11.7 Å². The Balaban J connectivity index is 1.77. The van der Waals surface area contributed by atoms with E-state index in [1.165, 1.54) is 36.8 Å². The molecule has 0 bridgehead atoms. The van der Waals surface area contributed by atoms with Crippen molar-refractivity contribution in [2.75, 3.05) is 0 Å². The summed E-state index contributed by atoms with van der Waals surface area (Å²) >= 11 is 0. The van der Waals surface area contributed by atoms with Crippen LogP contribution in [-0.4, -0.2) is 41.1 Å². The molecule has 1 atom stereocenters. The quantitative estimate of drug-likeness (QED) is 0.492. The fourth-order valence-corrected chi connectivity index (χ4v) is 3.08. The van der Waals surface area contributed by atoms with Gasteiger partial charge in [-0.15, -0.1) is 5.10 Å². The molecule has 1 amide bonds. The van der Waals surface area contributed by atoms with E-state index >= 15 is 0 Å². The number of rotatable bonds is 5. The van der Waals surface area contributed by atoms with Crippen LogP contribution in [0.1, 0.15) is 40.4 Å². The molecule has 168 valence electrons. The average molecular weight is 454 g/mol. The second-order valence-corrected chi connectivity index (χ2v) is 7.23. The van der Waals surface area contributed by atoms with Crippen LogP contribution in [0.3, 0.4) is 0 Å². The van der Waals surface area contributed by atoms with Crippen molar-refractivity contribution in [3.05, 3.63) is 77.8 Å². The summed E-state index contributed by atoms with van der Waals surface area (Å²) in [7, 11) is 0. The van der Waals surface area contributed by atoms with Crippen molar-refractivity contribution >= 4 is 5.91 Å². The third kappa shape index (κ3) is 4.84. The topological polar surface area (TPSA) is 111 Å². The molecule has 0 radical (unpaired) electrons. The molecule has 0 unspecified atom stereocenters. The average Bonchev–Trinajstić information content (AvgIpc) is 3.31. The summed E-state index contributed by atoms with van der Waals surface area (Å²) in [5.74, 6) is -1.83. The highest BCUT2D eigenvalue weighted by molar-refractivity contribution is 5.96. The third-order valence-electron chi connectivity index (χ3n) is 4.73. The molecule has 1 N–H and O–H groups in total. The van der Waals surface area contributed by atoms with E-state index in [9.17, 15) is 18.0 Å². The summed E-state index contributed by atoms with van der Waals surface area (Å²) in [6, 6.07) is 7.28. The summed E-state index contributed by atoms with van der Waals surface area (Å²) in [6.07, 6.45) is 1.35. The smallest absolute Gasteiger partial charge is 0.344 e. The predicted molar refractivity (Wildman–Crippen MR) is 110 cm³/mol. The number of carbonyl (C=O) groups excluding carboxylic acids is 1. The number of aryl methyl sites for hydroxylation is 1. The Bertz CT molecular complexity index is 1270. The minimum absolute atomic E-state index is 0.0375. The number of hydrogen-bond acceptors (Lipinski definition) is 7. The molecule has 0 saturated carbocycles. The number of carbonyl (C=O) groups is 1. The molecule has 4 rings (SSSR count). The van der Waals surface area contributed by atoms with E-state index in [0.29, 0.717) is 21.6 Å². The number of tetrazole rings is 1. The van der Waals surface area contributed by atoms with Crippen LogP contribution in [0.25, 0.3) is 16.9 Å². The molecule has 0 saturated heterocycles. The van der Waals surface area contributed by atoms with E-state index in [4.69, 9.17) is 0 Å². The highest BCUT2D eigenvalue weighted by atomic mass is 19.4. The van der Waals surface area contributed by atoms with Gasteiger partial charge in [-0.05, 0) is 54.1 Å². The van der Waals surface area contributed by atoms with Crippen LogP contribution in [0.4, 0.5) is 13.2 Å². The molecule has 0 aliphatic carbocycles.